The van der Waals surface area contributed by atoms with Crippen LogP contribution in [0.4, 0.5) is 0 Å². The van der Waals surface area contributed by atoms with Crippen molar-refractivity contribution in [1.82, 2.24) is 0 Å². The first-order chi connectivity index (χ1) is 8.54. The Labute approximate surface area is 107 Å². The van der Waals surface area contributed by atoms with Crippen LogP contribution in [0.1, 0.15) is 39.0 Å². The molecule has 1 rings (SSSR count). The van der Waals surface area contributed by atoms with Crippen molar-refractivity contribution in [3.63, 3.8) is 0 Å². The predicted molar refractivity (Wildman–Crippen MR) is 65.0 cm³/mol. The van der Waals surface area contributed by atoms with Gasteiger partial charge in [-0.3, -0.25) is 9.59 Å². The molecule has 0 aliphatic heterocycles. The van der Waals surface area contributed by atoms with E-state index >= 15 is 0 Å². The van der Waals surface area contributed by atoms with Crippen molar-refractivity contribution in [3.05, 3.63) is 11.3 Å². The molecule has 0 heterocycles. The molecule has 1 aliphatic carbocycles. The number of esters is 1. The van der Waals surface area contributed by atoms with Gasteiger partial charge in [-0.05, 0) is 25.7 Å². The Bertz CT molecular complexity index is 397. The number of nitrogens with two attached hydrogens (primary N) is 1. The number of carbonyl (C=O) groups excluding carboxylic acids is 2. The van der Waals surface area contributed by atoms with Gasteiger partial charge in [0, 0.05) is 12.1 Å². The third-order valence-corrected chi connectivity index (χ3v) is 3.08. The van der Waals surface area contributed by atoms with Crippen LogP contribution in [0.15, 0.2) is 11.3 Å². The Balaban J connectivity index is 2.36. The van der Waals surface area contributed by atoms with Crippen molar-refractivity contribution < 1.29 is 14.3 Å². The highest BCUT2D eigenvalue weighted by atomic mass is 16.5. The zero-order chi connectivity index (χ0) is 13.5. The molecule has 5 nitrogen and oxygen atoms in total. The van der Waals surface area contributed by atoms with E-state index in [9.17, 15) is 9.59 Å². The van der Waals surface area contributed by atoms with Gasteiger partial charge >= 0.3 is 5.97 Å². The zero-order valence-electron chi connectivity index (χ0n) is 10.6. The minimum Gasteiger partial charge on any atom is -0.457 e. The number of hydrogen-bond donors (Lipinski definition) is 1. The van der Waals surface area contributed by atoms with Gasteiger partial charge in [0.05, 0.1) is 0 Å². The smallest absolute Gasteiger partial charge is 0.306 e. The topological polar surface area (TPSA) is 93.2 Å². The Morgan fingerprint density at radius 1 is 1.39 bits per heavy atom. The van der Waals surface area contributed by atoms with E-state index in [4.69, 9.17) is 15.7 Å². The van der Waals surface area contributed by atoms with Gasteiger partial charge < -0.3 is 10.5 Å². The van der Waals surface area contributed by atoms with Crippen molar-refractivity contribution >= 4 is 11.8 Å². The fraction of sp³-hybridized carbons (Fsp3) is 0.615. The summed E-state index contributed by atoms with van der Waals surface area (Å²) in [5.41, 5.74) is 5.39. The number of allylic oxidation sites excluding steroid dienone is 1. The number of nitrogens with zero attached hydrogens (tertiary/aromatic N) is 1. The molecular weight excluding hydrogens is 232 g/mol. The lowest BCUT2D eigenvalue weighted by molar-refractivity contribution is -0.148. The van der Waals surface area contributed by atoms with Crippen LogP contribution in [0, 0.1) is 17.2 Å². The van der Waals surface area contributed by atoms with Gasteiger partial charge in [-0.15, -0.1) is 0 Å². The highest BCUT2D eigenvalue weighted by Gasteiger charge is 2.20. The molecule has 0 atom stereocenters. The Morgan fingerprint density at radius 2 is 2.00 bits per heavy atom. The Kier molecular flexibility index (Phi) is 5.37. The summed E-state index contributed by atoms with van der Waals surface area (Å²) >= 11 is 0. The fourth-order valence-electron chi connectivity index (χ4n) is 2.10. The van der Waals surface area contributed by atoms with E-state index in [-0.39, 0.29) is 17.2 Å². The highest BCUT2D eigenvalue weighted by Crippen LogP contribution is 2.27. The van der Waals surface area contributed by atoms with Crippen LogP contribution >= 0.6 is 0 Å². The Hall–Kier alpha value is -1.83. The molecule has 0 aromatic heterocycles. The third kappa shape index (κ3) is 4.21. The number of carbonyl (C=O) groups is 2. The molecule has 0 unspecified atom stereocenters. The van der Waals surface area contributed by atoms with Crippen LogP contribution in [-0.2, 0) is 14.3 Å². The maximum absolute atomic E-state index is 11.5. The molecule has 0 bridgehead atoms. The number of hydrogen-bond acceptors (Lipinski definition) is 5. The number of rotatable bonds is 5. The number of ether oxygens (including phenoxy) is 1. The molecule has 5 heteroatoms. The average molecular weight is 250 g/mol. The van der Waals surface area contributed by atoms with E-state index in [1.165, 1.54) is 6.92 Å². The summed E-state index contributed by atoms with van der Waals surface area (Å²) in [5.74, 6) is -0.533. The summed E-state index contributed by atoms with van der Waals surface area (Å²) in [4.78, 5) is 23.0. The normalized spacial score (nSPS) is 16.9. The second-order valence-electron chi connectivity index (χ2n) is 4.61. The van der Waals surface area contributed by atoms with Gasteiger partial charge in [0.25, 0.3) is 0 Å². The van der Waals surface area contributed by atoms with Crippen LogP contribution in [0.2, 0.25) is 0 Å². The second kappa shape index (κ2) is 6.80. The summed E-state index contributed by atoms with van der Waals surface area (Å²) < 4.78 is 4.87. The molecular formula is C13H18N2O3. The van der Waals surface area contributed by atoms with Crippen LogP contribution in [0.25, 0.3) is 0 Å². The van der Waals surface area contributed by atoms with Gasteiger partial charge in [-0.25, -0.2) is 0 Å². The number of Topliss-reactive ketones (excluding diaryl/α,β-unsaturated/α-hetero) is 1. The van der Waals surface area contributed by atoms with Gasteiger partial charge in [0.2, 0.25) is 5.78 Å². The number of nitriles is 1. The maximum atomic E-state index is 11.5. The molecule has 1 aliphatic rings. The minimum atomic E-state index is -0.544. The van der Waals surface area contributed by atoms with Crippen LogP contribution < -0.4 is 5.73 Å². The van der Waals surface area contributed by atoms with E-state index in [1.807, 2.05) is 0 Å². The lowest BCUT2D eigenvalue weighted by Gasteiger charge is -2.08. The minimum absolute atomic E-state index is 0.135. The van der Waals surface area contributed by atoms with E-state index < -0.39 is 12.4 Å². The largest absolute Gasteiger partial charge is 0.457 e. The van der Waals surface area contributed by atoms with Gasteiger partial charge in [0.1, 0.15) is 11.6 Å². The van der Waals surface area contributed by atoms with E-state index in [0.29, 0.717) is 12.3 Å². The van der Waals surface area contributed by atoms with Crippen LogP contribution in [-0.4, -0.2) is 18.4 Å². The lowest BCUT2D eigenvalue weighted by Crippen LogP contribution is -2.18. The lowest BCUT2D eigenvalue weighted by atomic mass is 10.0. The Morgan fingerprint density at radius 3 is 2.50 bits per heavy atom. The average Bonchev–Trinajstić information content (AvgIpc) is 2.79. The zero-order valence-corrected chi connectivity index (χ0v) is 10.6. The summed E-state index contributed by atoms with van der Waals surface area (Å²) in [5, 5.41) is 8.71. The SMILES string of the molecule is C/C(N)=C(/C#N)C(=O)COC(=O)CC1CCCC1. The van der Waals surface area contributed by atoms with E-state index in [2.05, 4.69) is 0 Å². The van der Waals surface area contributed by atoms with Crippen molar-refractivity contribution in [2.45, 2.75) is 39.0 Å². The van der Waals surface area contributed by atoms with Crippen LogP contribution in [0.3, 0.4) is 0 Å². The van der Waals surface area contributed by atoms with Crippen molar-refractivity contribution in [2.24, 2.45) is 11.7 Å². The van der Waals surface area contributed by atoms with E-state index in [1.54, 1.807) is 6.07 Å². The van der Waals surface area contributed by atoms with Gasteiger partial charge in [-0.1, -0.05) is 12.8 Å². The fourth-order valence-corrected chi connectivity index (χ4v) is 2.10. The molecule has 0 aromatic carbocycles. The molecule has 2 N–H and O–H groups in total. The molecule has 18 heavy (non-hydrogen) atoms. The predicted octanol–water partition coefficient (Wildman–Crippen LogP) is 1.44. The first kappa shape index (κ1) is 14.2. The summed E-state index contributed by atoms with van der Waals surface area (Å²) in [6, 6.07) is 1.71. The van der Waals surface area contributed by atoms with Gasteiger partial charge in [-0.2, -0.15) is 5.26 Å². The summed E-state index contributed by atoms with van der Waals surface area (Å²) in [7, 11) is 0. The monoisotopic (exact) mass is 250 g/mol. The van der Waals surface area contributed by atoms with E-state index in [0.717, 1.165) is 25.7 Å². The molecule has 1 saturated carbocycles. The third-order valence-electron chi connectivity index (χ3n) is 3.08. The highest BCUT2D eigenvalue weighted by molar-refractivity contribution is 6.01. The molecule has 0 spiro atoms. The van der Waals surface area contributed by atoms with Gasteiger partial charge in [0.15, 0.2) is 6.61 Å². The number of ketones is 1. The van der Waals surface area contributed by atoms with Crippen molar-refractivity contribution in [3.8, 4) is 6.07 Å². The summed E-state index contributed by atoms with van der Waals surface area (Å²) in [6.07, 6.45) is 4.78. The quantitative estimate of drug-likeness (QED) is 0.452. The first-order valence-electron chi connectivity index (χ1n) is 6.10. The second-order valence-corrected chi connectivity index (χ2v) is 4.61. The molecule has 0 amide bonds. The van der Waals surface area contributed by atoms with Crippen molar-refractivity contribution in [2.75, 3.05) is 6.61 Å². The van der Waals surface area contributed by atoms with Crippen molar-refractivity contribution in [1.29, 1.82) is 5.26 Å². The van der Waals surface area contributed by atoms with Crippen LogP contribution in [0.5, 0.6) is 0 Å². The molecule has 98 valence electrons. The molecule has 0 saturated heterocycles. The molecule has 0 aromatic rings. The maximum Gasteiger partial charge on any atom is 0.306 e. The standard InChI is InChI=1S/C13H18N2O3/c1-9(15)11(7-14)12(16)8-18-13(17)6-10-4-2-3-5-10/h10H,2-6,8,15H2,1H3/b11-9+. The molecule has 1 fully saturated rings. The summed E-state index contributed by atoms with van der Waals surface area (Å²) in [6.45, 7) is 1.07. The molecule has 0 radical (unpaired) electrons. The first-order valence-corrected chi connectivity index (χ1v) is 6.10.